The average Bonchev–Trinajstić information content (AvgIpc) is 3.44. The second kappa shape index (κ2) is 10.6. The number of nitrogens with zero attached hydrogens (tertiary/aromatic N) is 2. The molecule has 0 bridgehead atoms. The summed E-state index contributed by atoms with van der Waals surface area (Å²) in [4.78, 5) is 0. The molecule has 34 heavy (non-hydrogen) atoms. The molecule has 2 heterocycles. The quantitative estimate of drug-likeness (QED) is 0.455. The first-order valence-corrected chi connectivity index (χ1v) is 12.1. The number of aromatic nitrogens is 2. The molecule has 9 heteroatoms. The molecule has 0 spiro atoms. The van der Waals surface area contributed by atoms with Crippen LogP contribution in [0.15, 0.2) is 24.3 Å². The first kappa shape index (κ1) is 24.9. The molecule has 0 amide bonds. The van der Waals surface area contributed by atoms with Gasteiger partial charge in [-0.1, -0.05) is 25.0 Å². The van der Waals surface area contributed by atoms with Gasteiger partial charge in [-0.3, -0.25) is 4.68 Å². The van der Waals surface area contributed by atoms with Gasteiger partial charge in [-0.25, -0.2) is 0 Å². The van der Waals surface area contributed by atoms with E-state index >= 15 is 0 Å². The van der Waals surface area contributed by atoms with E-state index in [9.17, 15) is 20.4 Å². The van der Waals surface area contributed by atoms with Gasteiger partial charge in [0.05, 0.1) is 18.8 Å². The van der Waals surface area contributed by atoms with Crippen LogP contribution >= 0.6 is 0 Å². The number of hydrogen-bond acceptors (Lipinski definition) is 8. The van der Waals surface area contributed by atoms with Crippen molar-refractivity contribution in [2.24, 2.45) is 0 Å². The topological polar surface area (TPSA) is 126 Å². The van der Waals surface area contributed by atoms with Crippen molar-refractivity contribution >= 4 is 0 Å². The summed E-state index contributed by atoms with van der Waals surface area (Å²) in [6.07, 6.45) is -1.72. The highest BCUT2D eigenvalue weighted by Crippen LogP contribution is 2.35. The molecule has 5 atom stereocenters. The fourth-order valence-corrected chi connectivity index (χ4v) is 4.77. The first-order valence-electron chi connectivity index (χ1n) is 12.1. The van der Waals surface area contributed by atoms with Crippen LogP contribution in [0, 0.1) is 6.92 Å². The number of rotatable bonds is 8. The zero-order chi connectivity index (χ0) is 24.4. The highest BCUT2D eigenvalue weighted by atomic mass is 16.7. The van der Waals surface area contributed by atoms with Gasteiger partial charge in [-0.2, -0.15) is 0 Å². The van der Waals surface area contributed by atoms with Crippen molar-refractivity contribution in [1.29, 1.82) is 0 Å². The van der Waals surface area contributed by atoms with Gasteiger partial charge < -0.3 is 34.6 Å². The minimum absolute atomic E-state index is 0.0938. The summed E-state index contributed by atoms with van der Waals surface area (Å²) in [5.41, 5.74) is 2.89. The monoisotopic (exact) mass is 476 g/mol. The van der Waals surface area contributed by atoms with E-state index in [1.807, 2.05) is 49.7 Å². The summed E-state index contributed by atoms with van der Waals surface area (Å²) < 4.78 is 19.3. The standard InChI is InChI=1S/C25H36N2O7/c1-14(2)32-18-10-8-16(9-11-18)12-19-15(3)27(17-6-4-5-7-17)26-24(19)34-25-23(31)22(30)21(29)20(13-28)33-25/h8-11,14,17,20-23,25,28-31H,4-7,12-13H2,1-3H3/t20-,21-,22+,23-,25?/m1/s1. The Morgan fingerprint density at radius 2 is 1.74 bits per heavy atom. The third-order valence-electron chi connectivity index (χ3n) is 6.66. The molecule has 0 radical (unpaired) electrons. The molecule has 1 saturated carbocycles. The number of ether oxygens (including phenoxy) is 3. The predicted octanol–water partition coefficient (Wildman–Crippen LogP) is 1.86. The highest BCUT2D eigenvalue weighted by Gasteiger charge is 2.45. The molecule has 2 aliphatic rings. The summed E-state index contributed by atoms with van der Waals surface area (Å²) in [6, 6.07) is 8.16. The first-order chi connectivity index (χ1) is 16.3. The SMILES string of the molecule is Cc1c(Cc2ccc(OC(C)C)cc2)c(OC2O[C@H](CO)[C@@H](O)[C@H](O)[C@H]2O)nn1C1CCCC1. The fourth-order valence-electron chi connectivity index (χ4n) is 4.77. The fraction of sp³-hybridized carbons (Fsp3) is 0.640. The molecular weight excluding hydrogens is 440 g/mol. The van der Waals surface area contributed by atoms with Crippen LogP contribution in [-0.4, -0.2) is 73.6 Å². The van der Waals surface area contributed by atoms with Gasteiger partial charge in [0.15, 0.2) is 0 Å². The molecule has 1 saturated heterocycles. The Labute approximate surface area is 199 Å². The van der Waals surface area contributed by atoms with E-state index in [2.05, 4.69) is 0 Å². The molecular formula is C25H36N2O7. The zero-order valence-corrected chi connectivity index (χ0v) is 20.0. The number of benzene rings is 1. The smallest absolute Gasteiger partial charge is 0.239 e. The van der Waals surface area contributed by atoms with E-state index in [1.165, 1.54) is 0 Å². The Morgan fingerprint density at radius 3 is 2.35 bits per heavy atom. The molecule has 188 valence electrons. The van der Waals surface area contributed by atoms with Crippen LogP contribution < -0.4 is 9.47 Å². The van der Waals surface area contributed by atoms with Gasteiger partial charge in [0.2, 0.25) is 12.2 Å². The van der Waals surface area contributed by atoms with Crippen molar-refractivity contribution in [2.75, 3.05) is 6.61 Å². The lowest BCUT2D eigenvalue weighted by Gasteiger charge is -2.39. The molecule has 1 aromatic heterocycles. The summed E-state index contributed by atoms with van der Waals surface area (Å²) in [5, 5.41) is 44.9. The largest absolute Gasteiger partial charge is 0.491 e. The highest BCUT2D eigenvalue weighted by molar-refractivity contribution is 5.38. The summed E-state index contributed by atoms with van der Waals surface area (Å²) in [6.45, 7) is 5.46. The molecule has 1 aromatic carbocycles. The molecule has 4 rings (SSSR count). The van der Waals surface area contributed by atoms with Gasteiger partial charge in [-0.15, -0.1) is 5.10 Å². The van der Waals surface area contributed by atoms with E-state index < -0.39 is 37.3 Å². The van der Waals surface area contributed by atoms with Crippen LogP contribution in [0.5, 0.6) is 11.6 Å². The van der Waals surface area contributed by atoms with Gasteiger partial charge in [0, 0.05) is 17.7 Å². The Kier molecular flexibility index (Phi) is 7.79. The van der Waals surface area contributed by atoms with Crippen molar-refractivity contribution in [3.8, 4) is 11.6 Å². The van der Waals surface area contributed by atoms with Crippen LogP contribution in [0.1, 0.15) is 62.4 Å². The normalized spacial score (nSPS) is 27.9. The predicted molar refractivity (Wildman–Crippen MR) is 124 cm³/mol. The molecule has 9 nitrogen and oxygen atoms in total. The Balaban J connectivity index is 1.61. The van der Waals surface area contributed by atoms with Crippen LogP contribution in [0.4, 0.5) is 0 Å². The van der Waals surface area contributed by atoms with Crippen LogP contribution in [-0.2, 0) is 11.2 Å². The number of aliphatic hydroxyl groups excluding tert-OH is 4. The molecule has 4 N–H and O–H groups in total. The summed E-state index contributed by atoms with van der Waals surface area (Å²) in [5.74, 6) is 1.12. The molecule has 1 aliphatic heterocycles. The lowest BCUT2D eigenvalue weighted by molar-refractivity contribution is -0.278. The van der Waals surface area contributed by atoms with E-state index in [0.717, 1.165) is 48.3 Å². The minimum atomic E-state index is -1.51. The lowest BCUT2D eigenvalue weighted by Crippen LogP contribution is -2.60. The van der Waals surface area contributed by atoms with Gasteiger partial charge >= 0.3 is 0 Å². The molecule has 2 fully saturated rings. The zero-order valence-electron chi connectivity index (χ0n) is 20.0. The van der Waals surface area contributed by atoms with Crippen LogP contribution in [0.2, 0.25) is 0 Å². The third kappa shape index (κ3) is 5.23. The second-order valence-electron chi connectivity index (χ2n) is 9.55. The van der Waals surface area contributed by atoms with Gasteiger partial charge in [0.1, 0.15) is 30.2 Å². The van der Waals surface area contributed by atoms with E-state index in [-0.39, 0.29) is 12.1 Å². The van der Waals surface area contributed by atoms with E-state index in [0.29, 0.717) is 12.3 Å². The van der Waals surface area contributed by atoms with Crippen molar-refractivity contribution in [3.63, 3.8) is 0 Å². The summed E-state index contributed by atoms with van der Waals surface area (Å²) in [7, 11) is 0. The van der Waals surface area contributed by atoms with Gasteiger partial charge in [-0.05, 0) is 51.3 Å². The third-order valence-corrected chi connectivity index (χ3v) is 6.66. The second-order valence-corrected chi connectivity index (χ2v) is 9.55. The maximum Gasteiger partial charge on any atom is 0.239 e. The minimum Gasteiger partial charge on any atom is -0.491 e. The lowest BCUT2D eigenvalue weighted by atomic mass is 9.99. The van der Waals surface area contributed by atoms with E-state index in [1.54, 1.807) is 0 Å². The Morgan fingerprint density at radius 1 is 1.06 bits per heavy atom. The maximum atomic E-state index is 10.5. The summed E-state index contributed by atoms with van der Waals surface area (Å²) >= 11 is 0. The van der Waals surface area contributed by atoms with Gasteiger partial charge in [0.25, 0.3) is 0 Å². The number of aliphatic hydroxyl groups is 4. The van der Waals surface area contributed by atoms with Crippen molar-refractivity contribution in [1.82, 2.24) is 9.78 Å². The van der Waals surface area contributed by atoms with Crippen molar-refractivity contribution < 1.29 is 34.6 Å². The maximum absolute atomic E-state index is 10.5. The van der Waals surface area contributed by atoms with Crippen LogP contribution in [0.3, 0.4) is 0 Å². The number of hydrogen-bond donors (Lipinski definition) is 4. The van der Waals surface area contributed by atoms with Crippen molar-refractivity contribution in [3.05, 3.63) is 41.1 Å². The molecule has 2 aromatic rings. The molecule has 1 aliphatic carbocycles. The van der Waals surface area contributed by atoms with Crippen LogP contribution in [0.25, 0.3) is 0 Å². The average molecular weight is 477 g/mol. The Bertz CT molecular complexity index is 937. The van der Waals surface area contributed by atoms with E-state index in [4.69, 9.17) is 19.3 Å². The van der Waals surface area contributed by atoms with Crippen molar-refractivity contribution in [2.45, 2.75) is 95.7 Å². The molecule has 1 unspecified atom stereocenters. The Hall–Kier alpha value is -2.17.